The van der Waals surface area contributed by atoms with Crippen LogP contribution in [0.1, 0.15) is 56.2 Å². The fourth-order valence-corrected chi connectivity index (χ4v) is 2.50. The van der Waals surface area contributed by atoms with Crippen molar-refractivity contribution in [3.63, 3.8) is 0 Å². The van der Waals surface area contributed by atoms with Crippen LogP contribution in [-0.4, -0.2) is 14.2 Å². The van der Waals surface area contributed by atoms with Gasteiger partial charge in [-0.25, -0.2) is 0 Å². The Morgan fingerprint density at radius 2 is 1.46 bits per heavy atom. The van der Waals surface area contributed by atoms with Crippen LogP contribution in [-0.2, 0) is 0 Å². The molecule has 0 saturated heterocycles. The number of hydrogen-bond acceptors (Lipinski definition) is 3. The van der Waals surface area contributed by atoms with E-state index in [1.807, 2.05) is 24.3 Å². The highest BCUT2D eigenvalue weighted by Crippen LogP contribution is 2.29. The molecule has 0 atom stereocenters. The lowest BCUT2D eigenvalue weighted by atomic mass is 10.0. The summed E-state index contributed by atoms with van der Waals surface area (Å²) >= 11 is 0. The quantitative estimate of drug-likeness (QED) is 0.750. The third kappa shape index (κ3) is 5.19. The second-order valence-electron chi connectivity index (χ2n) is 6.50. The third-order valence-electron chi connectivity index (χ3n) is 4.03. The van der Waals surface area contributed by atoms with E-state index in [0.717, 1.165) is 22.7 Å². The van der Waals surface area contributed by atoms with Crippen LogP contribution in [0, 0.1) is 6.92 Å². The van der Waals surface area contributed by atoms with Gasteiger partial charge in [0.25, 0.3) is 0 Å². The first-order chi connectivity index (χ1) is 11.3. The zero-order chi connectivity index (χ0) is 18.3. The van der Waals surface area contributed by atoms with E-state index in [4.69, 9.17) is 15.2 Å². The second kappa shape index (κ2) is 9.21. The highest BCUT2D eigenvalue weighted by molar-refractivity contribution is 5.59. The first-order valence-corrected chi connectivity index (χ1v) is 8.38. The highest BCUT2D eigenvalue weighted by Gasteiger charge is 2.07. The van der Waals surface area contributed by atoms with Gasteiger partial charge in [0.2, 0.25) is 0 Å². The summed E-state index contributed by atoms with van der Waals surface area (Å²) in [6.45, 7) is 10.7. The van der Waals surface area contributed by atoms with Crippen molar-refractivity contribution < 1.29 is 9.47 Å². The lowest BCUT2D eigenvalue weighted by molar-refractivity contribution is 0.411. The number of para-hydroxylation sites is 1. The molecule has 0 radical (unpaired) electrons. The predicted octanol–water partition coefficient (Wildman–Crippen LogP) is 5.53. The molecule has 0 aliphatic carbocycles. The summed E-state index contributed by atoms with van der Waals surface area (Å²) < 4.78 is 10.3. The standard InChI is InChI=1S/C11H16O.C10H15NO/c1-8(2)10-5-6-11(12-4)9(3)7-10;1-7(2)8-5-4-6-9(12-3)10(8)11/h5-8H,1-4H3;4-7H,11H2,1-3H3. The van der Waals surface area contributed by atoms with Gasteiger partial charge >= 0.3 is 0 Å². The topological polar surface area (TPSA) is 44.5 Å². The number of hydrogen-bond donors (Lipinski definition) is 1. The molecule has 0 bridgehead atoms. The molecular formula is C21H31NO2. The first-order valence-electron chi connectivity index (χ1n) is 8.38. The maximum Gasteiger partial charge on any atom is 0.142 e. The molecule has 0 unspecified atom stereocenters. The maximum absolute atomic E-state index is 5.87. The Bertz CT molecular complexity index is 648. The summed E-state index contributed by atoms with van der Waals surface area (Å²) in [6.07, 6.45) is 0. The predicted molar refractivity (Wildman–Crippen MR) is 103 cm³/mol. The molecule has 24 heavy (non-hydrogen) atoms. The van der Waals surface area contributed by atoms with Gasteiger partial charge in [-0.1, -0.05) is 52.0 Å². The lowest BCUT2D eigenvalue weighted by Gasteiger charge is -2.11. The van der Waals surface area contributed by atoms with E-state index >= 15 is 0 Å². The maximum atomic E-state index is 5.87. The van der Waals surface area contributed by atoms with E-state index in [1.54, 1.807) is 14.2 Å². The van der Waals surface area contributed by atoms with Gasteiger partial charge in [0, 0.05) is 0 Å². The molecule has 2 aromatic carbocycles. The minimum absolute atomic E-state index is 0.445. The fourth-order valence-electron chi connectivity index (χ4n) is 2.50. The van der Waals surface area contributed by atoms with Crippen LogP contribution in [0.3, 0.4) is 0 Å². The van der Waals surface area contributed by atoms with Crippen molar-refractivity contribution in [2.75, 3.05) is 20.0 Å². The average molecular weight is 329 g/mol. The normalized spacial score (nSPS) is 10.4. The number of rotatable bonds is 4. The molecule has 0 spiro atoms. The first kappa shape index (κ1) is 19.9. The van der Waals surface area contributed by atoms with Gasteiger partial charge in [-0.2, -0.15) is 0 Å². The van der Waals surface area contributed by atoms with Gasteiger partial charge in [0.05, 0.1) is 19.9 Å². The molecule has 3 heteroatoms. The Kier molecular flexibility index (Phi) is 7.63. The molecule has 2 rings (SSSR count). The smallest absolute Gasteiger partial charge is 0.142 e. The molecule has 2 N–H and O–H groups in total. The molecule has 0 aromatic heterocycles. The molecule has 3 nitrogen and oxygen atoms in total. The van der Waals surface area contributed by atoms with E-state index in [9.17, 15) is 0 Å². The van der Waals surface area contributed by atoms with Crippen LogP contribution in [0.2, 0.25) is 0 Å². The van der Waals surface area contributed by atoms with E-state index < -0.39 is 0 Å². The second-order valence-corrected chi connectivity index (χ2v) is 6.50. The number of methoxy groups -OCH3 is 2. The third-order valence-corrected chi connectivity index (χ3v) is 4.03. The summed E-state index contributed by atoms with van der Waals surface area (Å²) in [4.78, 5) is 0. The summed E-state index contributed by atoms with van der Waals surface area (Å²) in [6, 6.07) is 12.2. The summed E-state index contributed by atoms with van der Waals surface area (Å²) in [5.41, 5.74) is 10.4. The van der Waals surface area contributed by atoms with Crippen LogP contribution in [0.5, 0.6) is 11.5 Å². The van der Waals surface area contributed by atoms with Crippen molar-refractivity contribution >= 4 is 5.69 Å². The highest BCUT2D eigenvalue weighted by atomic mass is 16.5. The summed E-state index contributed by atoms with van der Waals surface area (Å²) in [7, 11) is 3.34. The van der Waals surface area contributed by atoms with E-state index in [1.165, 1.54) is 11.1 Å². The molecule has 2 aromatic rings. The summed E-state index contributed by atoms with van der Waals surface area (Å²) in [5, 5.41) is 0. The van der Waals surface area contributed by atoms with Gasteiger partial charge in [-0.15, -0.1) is 0 Å². The molecule has 0 aliphatic heterocycles. The van der Waals surface area contributed by atoms with Crippen molar-refractivity contribution in [3.8, 4) is 11.5 Å². The van der Waals surface area contributed by atoms with Gasteiger partial charge in [-0.3, -0.25) is 0 Å². The van der Waals surface area contributed by atoms with Crippen LogP contribution in [0.15, 0.2) is 36.4 Å². The minimum atomic E-state index is 0.445. The Morgan fingerprint density at radius 1 is 0.833 bits per heavy atom. The average Bonchev–Trinajstić information content (AvgIpc) is 2.55. The van der Waals surface area contributed by atoms with Crippen molar-refractivity contribution in [2.24, 2.45) is 0 Å². The Labute approximate surface area is 146 Å². The van der Waals surface area contributed by atoms with Crippen LogP contribution >= 0.6 is 0 Å². The van der Waals surface area contributed by atoms with Crippen LogP contribution in [0.25, 0.3) is 0 Å². The van der Waals surface area contributed by atoms with Crippen molar-refractivity contribution in [1.82, 2.24) is 0 Å². The number of anilines is 1. The Hall–Kier alpha value is -2.16. The number of nitrogens with two attached hydrogens (primary N) is 1. The SMILES string of the molecule is COc1ccc(C(C)C)cc1C.COc1cccc(C(C)C)c1N. The van der Waals surface area contributed by atoms with Crippen molar-refractivity contribution in [2.45, 2.75) is 46.5 Å². The van der Waals surface area contributed by atoms with Gasteiger partial charge < -0.3 is 15.2 Å². The number of aryl methyl sites for hydroxylation is 1. The van der Waals surface area contributed by atoms with E-state index in [-0.39, 0.29) is 0 Å². The van der Waals surface area contributed by atoms with E-state index in [2.05, 4.69) is 46.8 Å². The Morgan fingerprint density at radius 3 is 1.92 bits per heavy atom. The minimum Gasteiger partial charge on any atom is -0.496 e. The monoisotopic (exact) mass is 329 g/mol. The fraction of sp³-hybridized carbons (Fsp3) is 0.429. The van der Waals surface area contributed by atoms with E-state index in [0.29, 0.717) is 11.8 Å². The molecule has 0 heterocycles. The van der Waals surface area contributed by atoms with Gasteiger partial charge in [0.15, 0.2) is 0 Å². The van der Waals surface area contributed by atoms with Crippen molar-refractivity contribution in [1.29, 1.82) is 0 Å². The molecule has 132 valence electrons. The largest absolute Gasteiger partial charge is 0.496 e. The van der Waals surface area contributed by atoms with Crippen LogP contribution < -0.4 is 15.2 Å². The molecular weight excluding hydrogens is 298 g/mol. The number of ether oxygens (including phenoxy) is 2. The molecule has 0 fully saturated rings. The lowest BCUT2D eigenvalue weighted by Crippen LogP contribution is -1.99. The number of nitrogen functional groups attached to an aromatic ring is 1. The van der Waals surface area contributed by atoms with Gasteiger partial charge in [0.1, 0.15) is 11.5 Å². The molecule has 0 saturated carbocycles. The zero-order valence-electron chi connectivity index (χ0n) is 16.0. The van der Waals surface area contributed by atoms with Gasteiger partial charge in [-0.05, 0) is 47.6 Å². The molecule has 0 aliphatic rings. The number of benzene rings is 2. The molecule has 0 amide bonds. The summed E-state index contributed by atoms with van der Waals surface area (Å²) in [5.74, 6) is 2.77. The Balaban J connectivity index is 0.000000240. The van der Waals surface area contributed by atoms with Crippen LogP contribution in [0.4, 0.5) is 5.69 Å². The zero-order valence-corrected chi connectivity index (χ0v) is 16.0. The van der Waals surface area contributed by atoms with Crippen molar-refractivity contribution in [3.05, 3.63) is 53.1 Å².